The molecule has 0 saturated heterocycles. The van der Waals surface area contributed by atoms with Crippen molar-refractivity contribution < 1.29 is 0 Å². The average molecular weight is 700 g/mol. The Morgan fingerprint density at radius 1 is 0.404 bits per heavy atom. The summed E-state index contributed by atoms with van der Waals surface area (Å²) < 4.78 is 2.61. The summed E-state index contributed by atoms with van der Waals surface area (Å²) >= 11 is 3.66. The van der Waals surface area contributed by atoms with Gasteiger partial charge in [-0.25, -0.2) is 0 Å². The van der Waals surface area contributed by atoms with Crippen LogP contribution in [0.3, 0.4) is 0 Å². The van der Waals surface area contributed by atoms with Crippen LogP contribution in [-0.4, -0.2) is 6.26 Å². The van der Waals surface area contributed by atoms with Gasteiger partial charge in [0.05, 0.1) is 0 Å². The topological polar surface area (TPSA) is 3.24 Å². The largest absolute Gasteiger partial charge is 0.310 e. The van der Waals surface area contributed by atoms with Crippen molar-refractivity contribution in [2.75, 3.05) is 11.2 Å². The minimum absolute atomic E-state index is 1.12. The summed E-state index contributed by atoms with van der Waals surface area (Å²) in [5.74, 6) is 0. The SMILES string of the molecule is CSc1cc(N(c2ccc(-c3cccc4ccc5c6ccccc6ccc5c34)cc2)c2ccc3c(c2)sc2ccccc23)ccc1-c1ccccc1. The number of thiophene rings is 1. The van der Waals surface area contributed by atoms with Crippen LogP contribution in [-0.2, 0) is 0 Å². The Morgan fingerprint density at radius 2 is 1.04 bits per heavy atom. The molecule has 0 atom stereocenters. The molecule has 52 heavy (non-hydrogen) atoms. The van der Waals surface area contributed by atoms with E-state index >= 15 is 0 Å². The Labute approximate surface area is 311 Å². The van der Waals surface area contributed by atoms with Crippen LogP contribution in [0.15, 0.2) is 187 Å². The molecule has 246 valence electrons. The first-order valence-corrected chi connectivity index (χ1v) is 19.7. The molecule has 0 N–H and O–H groups in total. The third-order valence-electron chi connectivity index (χ3n) is 10.4. The monoisotopic (exact) mass is 699 g/mol. The third-order valence-corrected chi connectivity index (χ3v) is 12.3. The molecule has 0 fully saturated rings. The molecular weight excluding hydrogens is 667 g/mol. The first-order valence-electron chi connectivity index (χ1n) is 17.6. The standard InChI is InChI=1S/C49H33NS2/c1-51-47-30-37(24-28-40(47)32-10-3-2-4-11-32)50(38-25-29-44-43-15-7-8-17-46(43)52-48(44)31-38)36-22-18-34(19-23-36)41-16-9-13-35-21-26-42-39-14-6-5-12-33(39)20-27-45(42)49(35)41/h2-31H,1H3. The number of anilines is 3. The summed E-state index contributed by atoms with van der Waals surface area (Å²) in [6.45, 7) is 0. The molecule has 0 radical (unpaired) electrons. The van der Waals surface area contributed by atoms with Crippen LogP contribution < -0.4 is 4.90 Å². The maximum Gasteiger partial charge on any atom is 0.0476 e. The van der Waals surface area contributed by atoms with Crippen LogP contribution in [0.4, 0.5) is 17.1 Å². The number of thioether (sulfide) groups is 1. The first-order chi connectivity index (χ1) is 25.7. The molecule has 1 nitrogen and oxygen atoms in total. The molecule has 0 amide bonds. The van der Waals surface area contributed by atoms with E-state index in [4.69, 9.17) is 0 Å². The summed E-state index contributed by atoms with van der Waals surface area (Å²) in [7, 11) is 0. The fraction of sp³-hybridized carbons (Fsp3) is 0.0204. The maximum atomic E-state index is 2.41. The molecule has 3 heteroatoms. The number of benzene rings is 9. The quantitative estimate of drug-likeness (QED) is 0.126. The summed E-state index contributed by atoms with van der Waals surface area (Å²) in [4.78, 5) is 3.66. The van der Waals surface area contributed by atoms with Crippen LogP contribution in [0.1, 0.15) is 0 Å². The van der Waals surface area contributed by atoms with Gasteiger partial charge < -0.3 is 4.90 Å². The first kappa shape index (κ1) is 30.9. The zero-order valence-corrected chi connectivity index (χ0v) is 30.2. The predicted octanol–water partition coefficient (Wildman–Crippen LogP) is 15.0. The molecule has 10 rings (SSSR count). The molecule has 1 heterocycles. The molecule has 0 aliphatic carbocycles. The van der Waals surface area contributed by atoms with E-state index in [0.717, 1.165) is 17.1 Å². The molecule has 0 aliphatic heterocycles. The van der Waals surface area contributed by atoms with Crippen LogP contribution in [0.25, 0.3) is 74.7 Å². The van der Waals surface area contributed by atoms with E-state index in [9.17, 15) is 0 Å². The zero-order chi connectivity index (χ0) is 34.6. The number of nitrogens with zero attached hydrogens (tertiary/aromatic N) is 1. The normalized spacial score (nSPS) is 11.6. The minimum Gasteiger partial charge on any atom is -0.310 e. The van der Waals surface area contributed by atoms with Crippen molar-refractivity contribution in [1.82, 2.24) is 0 Å². The van der Waals surface area contributed by atoms with Crippen LogP contribution in [0.5, 0.6) is 0 Å². The second-order valence-electron chi connectivity index (χ2n) is 13.3. The lowest BCUT2D eigenvalue weighted by molar-refractivity contribution is 1.27. The highest BCUT2D eigenvalue weighted by Crippen LogP contribution is 2.44. The summed E-state index contributed by atoms with van der Waals surface area (Å²) in [5.41, 5.74) is 8.35. The van der Waals surface area contributed by atoms with Gasteiger partial charge in [0.15, 0.2) is 0 Å². The van der Waals surface area contributed by atoms with E-state index in [1.54, 1.807) is 11.8 Å². The smallest absolute Gasteiger partial charge is 0.0476 e. The molecule has 9 aromatic carbocycles. The second kappa shape index (κ2) is 12.7. The van der Waals surface area contributed by atoms with Crippen molar-refractivity contribution in [3.8, 4) is 22.3 Å². The Kier molecular flexibility index (Phi) is 7.56. The summed E-state index contributed by atoms with van der Waals surface area (Å²) in [6.07, 6.45) is 2.17. The highest BCUT2D eigenvalue weighted by atomic mass is 32.2. The van der Waals surface area contributed by atoms with Crippen molar-refractivity contribution in [3.05, 3.63) is 182 Å². The molecule has 1 aromatic heterocycles. The Bertz CT molecular complexity index is 2940. The van der Waals surface area contributed by atoms with Crippen molar-refractivity contribution in [1.29, 1.82) is 0 Å². The van der Waals surface area contributed by atoms with Crippen LogP contribution in [0, 0.1) is 0 Å². The van der Waals surface area contributed by atoms with Crippen molar-refractivity contribution in [2.24, 2.45) is 0 Å². The highest BCUT2D eigenvalue weighted by Gasteiger charge is 2.18. The van der Waals surface area contributed by atoms with Gasteiger partial charge in [-0.1, -0.05) is 140 Å². The van der Waals surface area contributed by atoms with Gasteiger partial charge in [0.25, 0.3) is 0 Å². The van der Waals surface area contributed by atoms with Gasteiger partial charge in [-0.05, 0) is 103 Å². The summed E-state index contributed by atoms with van der Waals surface area (Å²) in [6, 6.07) is 66.9. The fourth-order valence-electron chi connectivity index (χ4n) is 7.88. The predicted molar refractivity (Wildman–Crippen MR) is 229 cm³/mol. The van der Waals surface area contributed by atoms with Gasteiger partial charge in [0.1, 0.15) is 0 Å². The Balaban J connectivity index is 1.13. The van der Waals surface area contributed by atoms with Gasteiger partial charge in [0.2, 0.25) is 0 Å². The Morgan fingerprint density at radius 3 is 1.90 bits per heavy atom. The zero-order valence-electron chi connectivity index (χ0n) is 28.6. The molecule has 0 spiro atoms. The lowest BCUT2D eigenvalue weighted by Crippen LogP contribution is -2.10. The summed E-state index contributed by atoms with van der Waals surface area (Å²) in [5, 5.41) is 10.3. The molecule has 10 aromatic rings. The van der Waals surface area contributed by atoms with Gasteiger partial charge in [-0.2, -0.15) is 0 Å². The second-order valence-corrected chi connectivity index (χ2v) is 15.2. The number of fused-ring (bicyclic) bond motifs is 8. The minimum atomic E-state index is 1.12. The van der Waals surface area contributed by atoms with Crippen LogP contribution >= 0.6 is 23.1 Å². The van der Waals surface area contributed by atoms with Gasteiger partial charge in [-0.3, -0.25) is 0 Å². The van der Waals surface area contributed by atoms with E-state index in [-0.39, 0.29) is 0 Å². The van der Waals surface area contributed by atoms with E-state index in [1.807, 2.05) is 11.3 Å². The molecule has 0 aliphatic rings. The van der Waals surface area contributed by atoms with Crippen molar-refractivity contribution in [3.63, 3.8) is 0 Å². The number of hydrogen-bond acceptors (Lipinski definition) is 3. The Hall–Kier alpha value is -5.87. The van der Waals surface area contributed by atoms with Gasteiger partial charge >= 0.3 is 0 Å². The van der Waals surface area contributed by atoms with E-state index in [1.165, 1.54) is 79.6 Å². The van der Waals surface area contributed by atoms with E-state index < -0.39 is 0 Å². The third kappa shape index (κ3) is 5.16. The van der Waals surface area contributed by atoms with Crippen LogP contribution in [0.2, 0.25) is 0 Å². The van der Waals surface area contributed by atoms with Gasteiger partial charge in [0, 0.05) is 42.1 Å². The molecule has 0 bridgehead atoms. The lowest BCUT2D eigenvalue weighted by atomic mass is 9.91. The van der Waals surface area contributed by atoms with E-state index in [0.29, 0.717) is 0 Å². The fourth-order valence-corrected chi connectivity index (χ4v) is 9.67. The van der Waals surface area contributed by atoms with E-state index in [2.05, 4.69) is 193 Å². The average Bonchev–Trinajstić information content (AvgIpc) is 3.59. The van der Waals surface area contributed by atoms with Crippen molar-refractivity contribution >= 4 is 92.7 Å². The molecular formula is C49H33NS2. The molecule has 0 saturated carbocycles. The lowest BCUT2D eigenvalue weighted by Gasteiger charge is -2.27. The number of rotatable bonds is 6. The highest BCUT2D eigenvalue weighted by molar-refractivity contribution is 7.98. The molecule has 0 unspecified atom stereocenters. The van der Waals surface area contributed by atoms with Crippen molar-refractivity contribution in [2.45, 2.75) is 4.90 Å². The van der Waals surface area contributed by atoms with Gasteiger partial charge in [-0.15, -0.1) is 23.1 Å². The maximum absolute atomic E-state index is 2.41. The number of hydrogen-bond donors (Lipinski definition) is 0.